The van der Waals surface area contributed by atoms with Crippen LogP contribution in [0, 0.1) is 0 Å². The van der Waals surface area contributed by atoms with Crippen LogP contribution in [0.4, 0.5) is 5.69 Å². The van der Waals surface area contributed by atoms with E-state index in [-0.39, 0.29) is 0 Å². The standard InChI is InChI=1S/C15H11BrN2O/c16-12-3-1-2-4-15(12)19-14-7-8-18-13-9-10(17)5-6-11(13)14/h1-9H,17H2. The normalized spacial score (nSPS) is 10.6. The van der Waals surface area contributed by atoms with Gasteiger partial charge in [0.1, 0.15) is 11.5 Å². The molecule has 0 aliphatic rings. The summed E-state index contributed by atoms with van der Waals surface area (Å²) in [6.07, 6.45) is 1.72. The largest absolute Gasteiger partial charge is 0.455 e. The van der Waals surface area contributed by atoms with Crippen LogP contribution in [0.1, 0.15) is 0 Å². The molecule has 0 spiro atoms. The van der Waals surface area contributed by atoms with E-state index in [9.17, 15) is 0 Å². The predicted molar refractivity (Wildman–Crippen MR) is 80.4 cm³/mol. The number of para-hydroxylation sites is 1. The van der Waals surface area contributed by atoms with Gasteiger partial charge in [0.05, 0.1) is 9.99 Å². The summed E-state index contributed by atoms with van der Waals surface area (Å²) < 4.78 is 6.85. The molecule has 19 heavy (non-hydrogen) atoms. The zero-order valence-electron chi connectivity index (χ0n) is 10.0. The van der Waals surface area contributed by atoms with Crippen molar-refractivity contribution in [3.63, 3.8) is 0 Å². The molecule has 0 unspecified atom stereocenters. The number of pyridine rings is 1. The molecule has 2 aromatic carbocycles. The van der Waals surface area contributed by atoms with Gasteiger partial charge in [0.15, 0.2) is 0 Å². The van der Waals surface area contributed by atoms with Gasteiger partial charge in [-0.2, -0.15) is 0 Å². The molecule has 1 aromatic heterocycles. The van der Waals surface area contributed by atoms with Crippen molar-refractivity contribution in [2.75, 3.05) is 5.73 Å². The Bertz CT molecular complexity index is 743. The molecular weight excluding hydrogens is 304 g/mol. The number of hydrogen-bond acceptors (Lipinski definition) is 3. The number of rotatable bonds is 2. The van der Waals surface area contributed by atoms with Crippen LogP contribution < -0.4 is 10.5 Å². The number of halogens is 1. The first kappa shape index (κ1) is 12.0. The molecule has 3 nitrogen and oxygen atoms in total. The average Bonchev–Trinajstić information content (AvgIpc) is 2.41. The molecule has 0 amide bonds. The first-order valence-corrected chi connectivity index (χ1v) is 6.60. The van der Waals surface area contributed by atoms with Gasteiger partial charge in [-0.1, -0.05) is 12.1 Å². The van der Waals surface area contributed by atoms with E-state index in [1.54, 1.807) is 6.20 Å². The monoisotopic (exact) mass is 314 g/mol. The molecule has 94 valence electrons. The van der Waals surface area contributed by atoms with Crippen LogP contribution in [0.3, 0.4) is 0 Å². The third kappa shape index (κ3) is 2.39. The van der Waals surface area contributed by atoms with Crippen molar-refractivity contribution in [3.05, 3.63) is 59.2 Å². The van der Waals surface area contributed by atoms with Gasteiger partial charge >= 0.3 is 0 Å². The minimum Gasteiger partial charge on any atom is -0.455 e. The first-order chi connectivity index (χ1) is 9.24. The van der Waals surface area contributed by atoms with Crippen LogP contribution in [-0.2, 0) is 0 Å². The molecule has 2 N–H and O–H groups in total. The Morgan fingerprint density at radius 2 is 1.84 bits per heavy atom. The van der Waals surface area contributed by atoms with Crippen LogP contribution >= 0.6 is 15.9 Å². The molecule has 3 rings (SSSR count). The van der Waals surface area contributed by atoms with Crippen molar-refractivity contribution in [1.29, 1.82) is 0 Å². The summed E-state index contributed by atoms with van der Waals surface area (Å²) in [5, 5.41) is 0.937. The summed E-state index contributed by atoms with van der Waals surface area (Å²) in [4.78, 5) is 4.30. The summed E-state index contributed by atoms with van der Waals surface area (Å²) in [5.74, 6) is 1.53. The van der Waals surface area contributed by atoms with Crippen molar-refractivity contribution in [1.82, 2.24) is 4.98 Å². The summed E-state index contributed by atoms with van der Waals surface area (Å²) >= 11 is 3.47. The lowest BCUT2D eigenvalue weighted by atomic mass is 10.2. The summed E-state index contributed by atoms with van der Waals surface area (Å²) in [7, 11) is 0. The molecule has 1 heterocycles. The summed E-state index contributed by atoms with van der Waals surface area (Å²) in [6.45, 7) is 0. The van der Waals surface area contributed by atoms with Gasteiger partial charge < -0.3 is 10.5 Å². The minimum absolute atomic E-state index is 0.693. The van der Waals surface area contributed by atoms with Crippen molar-refractivity contribution >= 4 is 32.5 Å². The highest BCUT2D eigenvalue weighted by Gasteiger charge is 2.06. The second kappa shape index (κ2) is 4.90. The Morgan fingerprint density at radius 1 is 1.00 bits per heavy atom. The van der Waals surface area contributed by atoms with Gasteiger partial charge in [0.25, 0.3) is 0 Å². The van der Waals surface area contributed by atoms with Gasteiger partial charge in [-0.15, -0.1) is 0 Å². The summed E-state index contributed by atoms with van der Waals surface area (Å²) in [6, 6.07) is 15.2. The number of fused-ring (bicyclic) bond motifs is 1. The fourth-order valence-electron chi connectivity index (χ4n) is 1.87. The lowest BCUT2D eigenvalue weighted by Gasteiger charge is -2.10. The highest BCUT2D eigenvalue weighted by atomic mass is 79.9. The molecule has 4 heteroatoms. The highest BCUT2D eigenvalue weighted by Crippen LogP contribution is 2.33. The van der Waals surface area contributed by atoms with Gasteiger partial charge in [-0.05, 0) is 52.3 Å². The Hall–Kier alpha value is -2.07. The number of nitrogens with zero attached hydrogens (tertiary/aromatic N) is 1. The van der Waals surface area contributed by atoms with Crippen LogP contribution in [0.25, 0.3) is 10.9 Å². The molecule has 0 atom stereocenters. The van der Waals surface area contributed by atoms with Crippen LogP contribution in [0.2, 0.25) is 0 Å². The maximum atomic E-state index is 5.93. The van der Waals surface area contributed by atoms with E-state index in [2.05, 4.69) is 20.9 Å². The fraction of sp³-hybridized carbons (Fsp3) is 0. The van der Waals surface area contributed by atoms with Crippen LogP contribution in [-0.4, -0.2) is 4.98 Å². The van der Waals surface area contributed by atoms with Crippen molar-refractivity contribution in [3.8, 4) is 11.5 Å². The molecule has 0 bridgehead atoms. The van der Waals surface area contributed by atoms with Crippen molar-refractivity contribution in [2.45, 2.75) is 0 Å². The molecular formula is C15H11BrN2O. The smallest absolute Gasteiger partial charge is 0.141 e. The molecule has 0 aliphatic heterocycles. The Labute approximate surface area is 119 Å². The molecule has 0 radical (unpaired) electrons. The van der Waals surface area contributed by atoms with Gasteiger partial charge in [-0.25, -0.2) is 0 Å². The number of nitrogens with two attached hydrogens (primary N) is 1. The van der Waals surface area contributed by atoms with E-state index < -0.39 is 0 Å². The van der Waals surface area contributed by atoms with E-state index in [0.717, 1.165) is 26.9 Å². The third-order valence-electron chi connectivity index (χ3n) is 2.78. The maximum absolute atomic E-state index is 5.93. The fourth-order valence-corrected chi connectivity index (χ4v) is 2.24. The predicted octanol–water partition coefficient (Wildman–Crippen LogP) is 4.37. The van der Waals surface area contributed by atoms with Crippen molar-refractivity contribution in [2.24, 2.45) is 0 Å². The number of hydrogen-bond donors (Lipinski definition) is 1. The lowest BCUT2D eigenvalue weighted by molar-refractivity contribution is 0.485. The van der Waals surface area contributed by atoms with E-state index in [4.69, 9.17) is 10.5 Å². The van der Waals surface area contributed by atoms with Gasteiger partial charge in [0, 0.05) is 17.3 Å². The second-order valence-corrected chi connectivity index (χ2v) is 4.97. The quantitative estimate of drug-likeness (QED) is 0.714. The average molecular weight is 315 g/mol. The first-order valence-electron chi connectivity index (χ1n) is 5.81. The molecule has 0 saturated heterocycles. The molecule has 3 aromatic rings. The Balaban J connectivity index is 2.09. The number of ether oxygens (including phenoxy) is 1. The zero-order chi connectivity index (χ0) is 13.2. The number of benzene rings is 2. The SMILES string of the molecule is Nc1ccc2c(Oc3ccccc3Br)ccnc2c1. The Kier molecular flexibility index (Phi) is 3.09. The number of nitrogen functional groups attached to an aromatic ring is 1. The highest BCUT2D eigenvalue weighted by molar-refractivity contribution is 9.10. The Morgan fingerprint density at radius 3 is 2.68 bits per heavy atom. The minimum atomic E-state index is 0.693. The number of aromatic nitrogens is 1. The molecule has 0 aliphatic carbocycles. The second-order valence-electron chi connectivity index (χ2n) is 4.12. The van der Waals surface area contributed by atoms with Crippen LogP contribution in [0.5, 0.6) is 11.5 Å². The third-order valence-corrected chi connectivity index (χ3v) is 3.44. The van der Waals surface area contributed by atoms with Gasteiger partial charge in [0.2, 0.25) is 0 Å². The maximum Gasteiger partial charge on any atom is 0.141 e. The molecule has 0 fully saturated rings. The topological polar surface area (TPSA) is 48.1 Å². The van der Waals surface area contributed by atoms with E-state index in [1.165, 1.54) is 0 Å². The van der Waals surface area contributed by atoms with E-state index >= 15 is 0 Å². The van der Waals surface area contributed by atoms with E-state index in [0.29, 0.717) is 5.69 Å². The number of anilines is 1. The van der Waals surface area contributed by atoms with E-state index in [1.807, 2.05) is 48.5 Å². The van der Waals surface area contributed by atoms with Crippen LogP contribution in [0.15, 0.2) is 59.2 Å². The van der Waals surface area contributed by atoms with Crippen molar-refractivity contribution < 1.29 is 4.74 Å². The lowest BCUT2D eigenvalue weighted by Crippen LogP contribution is -1.90. The zero-order valence-corrected chi connectivity index (χ0v) is 11.6. The van der Waals surface area contributed by atoms with Gasteiger partial charge in [-0.3, -0.25) is 4.98 Å². The molecule has 0 saturated carbocycles. The summed E-state index contributed by atoms with van der Waals surface area (Å²) in [5.41, 5.74) is 7.28.